The molecule has 0 saturated carbocycles. The molecule has 0 radical (unpaired) electrons. The summed E-state index contributed by atoms with van der Waals surface area (Å²) >= 11 is 3.46. The van der Waals surface area contributed by atoms with Crippen LogP contribution in [-0.2, 0) is 0 Å². The molecule has 2 rings (SSSR count). The molecule has 0 bridgehead atoms. The Kier molecular flexibility index (Phi) is 9.05. The van der Waals surface area contributed by atoms with Crippen molar-refractivity contribution in [2.45, 2.75) is 20.8 Å². The van der Waals surface area contributed by atoms with Gasteiger partial charge in [-0.05, 0) is 66.5 Å². The Morgan fingerprint density at radius 1 is 0.833 bits per heavy atom. The molecule has 2 aromatic carbocycles. The van der Waals surface area contributed by atoms with Crippen LogP contribution in [0.1, 0.15) is 36.7 Å². The van der Waals surface area contributed by atoms with E-state index in [9.17, 15) is 4.79 Å². The summed E-state index contributed by atoms with van der Waals surface area (Å²) in [5.74, 6) is 2.45. The fraction of sp³-hybridized carbons (Fsp3) is 0.348. The molecule has 2 aromatic rings. The van der Waals surface area contributed by atoms with Crippen molar-refractivity contribution in [3.05, 3.63) is 45.9 Å². The van der Waals surface area contributed by atoms with Crippen LogP contribution >= 0.6 is 15.9 Å². The first-order valence-electron chi connectivity index (χ1n) is 9.69. The van der Waals surface area contributed by atoms with Crippen molar-refractivity contribution in [2.24, 2.45) is 0 Å². The molecule has 0 unspecified atom stereocenters. The number of halogens is 1. The highest BCUT2D eigenvalue weighted by Crippen LogP contribution is 2.38. The van der Waals surface area contributed by atoms with E-state index in [4.69, 9.17) is 23.7 Å². The second-order valence-electron chi connectivity index (χ2n) is 6.03. The van der Waals surface area contributed by atoms with Crippen LogP contribution < -0.4 is 23.7 Å². The fourth-order valence-corrected chi connectivity index (χ4v) is 3.46. The van der Waals surface area contributed by atoms with E-state index < -0.39 is 0 Å². The van der Waals surface area contributed by atoms with Gasteiger partial charge in [-0.1, -0.05) is 6.08 Å². The van der Waals surface area contributed by atoms with Crippen LogP contribution in [0.25, 0.3) is 6.08 Å². The van der Waals surface area contributed by atoms with Gasteiger partial charge in [-0.25, -0.2) is 0 Å². The minimum atomic E-state index is -0.214. The Labute approximate surface area is 185 Å². The topological polar surface area (TPSA) is 63.2 Å². The minimum Gasteiger partial charge on any atom is -0.493 e. The highest BCUT2D eigenvalue weighted by molar-refractivity contribution is 9.10. The summed E-state index contributed by atoms with van der Waals surface area (Å²) in [7, 11) is 3.13. The first-order chi connectivity index (χ1) is 14.5. The van der Waals surface area contributed by atoms with Gasteiger partial charge >= 0.3 is 0 Å². The molecular weight excluding hydrogens is 452 g/mol. The van der Waals surface area contributed by atoms with Crippen LogP contribution in [0.15, 0.2) is 34.8 Å². The summed E-state index contributed by atoms with van der Waals surface area (Å²) in [6.07, 6.45) is 3.20. The fourth-order valence-electron chi connectivity index (χ4n) is 2.84. The molecule has 0 saturated heterocycles. The number of hydrogen-bond donors (Lipinski definition) is 0. The summed E-state index contributed by atoms with van der Waals surface area (Å²) in [4.78, 5) is 13.0. The van der Waals surface area contributed by atoms with Gasteiger partial charge in [-0.2, -0.15) is 0 Å². The third-order valence-electron chi connectivity index (χ3n) is 4.09. The van der Waals surface area contributed by atoms with E-state index in [0.717, 1.165) is 10.0 Å². The quantitative estimate of drug-likeness (QED) is 0.311. The van der Waals surface area contributed by atoms with Crippen molar-refractivity contribution in [1.29, 1.82) is 0 Å². The lowest BCUT2D eigenvalue weighted by Gasteiger charge is -2.15. The van der Waals surface area contributed by atoms with Crippen LogP contribution in [0.2, 0.25) is 0 Å². The average Bonchev–Trinajstić information content (AvgIpc) is 2.73. The van der Waals surface area contributed by atoms with Crippen molar-refractivity contribution in [3.8, 4) is 28.7 Å². The second-order valence-corrected chi connectivity index (χ2v) is 6.88. The number of hydrogen-bond acceptors (Lipinski definition) is 6. The predicted octanol–water partition coefficient (Wildman–Crippen LogP) is 5.56. The highest BCUT2D eigenvalue weighted by atomic mass is 79.9. The van der Waals surface area contributed by atoms with E-state index in [0.29, 0.717) is 54.1 Å². The number of ether oxygens (including phenoxy) is 5. The number of methoxy groups -OCH3 is 2. The number of rotatable bonds is 11. The van der Waals surface area contributed by atoms with E-state index in [1.165, 1.54) is 6.08 Å². The van der Waals surface area contributed by atoms with Crippen molar-refractivity contribution in [3.63, 3.8) is 0 Å². The number of allylic oxidation sites excluding steroid dienone is 1. The standard InChI is InChI=1S/C23H27BrO6/c1-6-28-19-14-21(30-8-3)20(29-7-2)13-16(19)18(25)10-9-15-11-17(24)23(27-5)22(12-15)26-4/h9-14H,6-8H2,1-5H3/b10-9+. The van der Waals surface area contributed by atoms with Crippen molar-refractivity contribution >= 4 is 27.8 Å². The molecule has 0 spiro atoms. The molecule has 0 aliphatic carbocycles. The minimum absolute atomic E-state index is 0.214. The maximum Gasteiger partial charge on any atom is 0.189 e. The number of carbonyl (C=O) groups is 1. The van der Waals surface area contributed by atoms with Gasteiger partial charge in [0, 0.05) is 6.07 Å². The van der Waals surface area contributed by atoms with Gasteiger partial charge in [0.1, 0.15) is 5.75 Å². The zero-order valence-corrected chi connectivity index (χ0v) is 19.5. The van der Waals surface area contributed by atoms with Gasteiger partial charge < -0.3 is 23.7 Å². The molecule has 7 heteroatoms. The van der Waals surface area contributed by atoms with Gasteiger partial charge in [-0.15, -0.1) is 0 Å². The van der Waals surface area contributed by atoms with Gasteiger partial charge in [0.15, 0.2) is 28.8 Å². The lowest BCUT2D eigenvalue weighted by Crippen LogP contribution is -2.05. The largest absolute Gasteiger partial charge is 0.493 e. The number of carbonyl (C=O) groups excluding carboxylic acids is 1. The smallest absolute Gasteiger partial charge is 0.189 e. The second kappa shape index (κ2) is 11.5. The van der Waals surface area contributed by atoms with Crippen molar-refractivity contribution in [1.82, 2.24) is 0 Å². The third-order valence-corrected chi connectivity index (χ3v) is 4.68. The Balaban J connectivity index is 2.42. The molecule has 162 valence electrons. The first kappa shape index (κ1) is 23.6. The van der Waals surface area contributed by atoms with Gasteiger partial charge in [0.05, 0.1) is 44.1 Å². The van der Waals surface area contributed by atoms with Crippen molar-refractivity contribution < 1.29 is 28.5 Å². The SMILES string of the molecule is CCOc1cc(OCC)c(C(=O)/C=C/c2cc(Br)c(OC)c(OC)c2)cc1OCC. The van der Waals surface area contributed by atoms with Crippen LogP contribution in [-0.4, -0.2) is 39.8 Å². The van der Waals surface area contributed by atoms with E-state index in [2.05, 4.69) is 15.9 Å². The Morgan fingerprint density at radius 2 is 1.43 bits per heavy atom. The molecule has 30 heavy (non-hydrogen) atoms. The summed E-state index contributed by atoms with van der Waals surface area (Å²) in [5, 5.41) is 0. The van der Waals surface area contributed by atoms with E-state index >= 15 is 0 Å². The molecular formula is C23H27BrO6. The first-order valence-corrected chi connectivity index (χ1v) is 10.5. The molecule has 6 nitrogen and oxygen atoms in total. The summed E-state index contributed by atoms with van der Waals surface area (Å²) in [6, 6.07) is 7.00. The molecule has 0 N–H and O–H groups in total. The molecule has 0 aliphatic rings. The lowest BCUT2D eigenvalue weighted by atomic mass is 10.1. The maximum atomic E-state index is 13.0. The zero-order chi connectivity index (χ0) is 22.1. The summed E-state index contributed by atoms with van der Waals surface area (Å²) in [6.45, 7) is 6.99. The van der Waals surface area contributed by atoms with Crippen LogP contribution in [0.3, 0.4) is 0 Å². The number of benzene rings is 2. The maximum absolute atomic E-state index is 13.0. The van der Waals surface area contributed by atoms with Gasteiger partial charge in [-0.3, -0.25) is 4.79 Å². The lowest BCUT2D eigenvalue weighted by molar-refractivity contribution is 0.104. The Morgan fingerprint density at radius 3 is 2.00 bits per heavy atom. The van der Waals surface area contributed by atoms with Crippen LogP contribution in [0.5, 0.6) is 28.7 Å². The average molecular weight is 479 g/mol. The van der Waals surface area contributed by atoms with Gasteiger partial charge in [0.25, 0.3) is 0 Å². The monoisotopic (exact) mass is 478 g/mol. The highest BCUT2D eigenvalue weighted by Gasteiger charge is 2.17. The van der Waals surface area contributed by atoms with Crippen LogP contribution in [0, 0.1) is 0 Å². The molecule has 0 heterocycles. The Bertz CT molecular complexity index is 907. The molecule has 0 aromatic heterocycles. The van der Waals surface area contributed by atoms with E-state index in [1.54, 1.807) is 38.5 Å². The molecule has 0 fully saturated rings. The van der Waals surface area contributed by atoms with E-state index in [-0.39, 0.29) is 5.78 Å². The molecule has 0 amide bonds. The Hall–Kier alpha value is -2.67. The molecule has 0 atom stereocenters. The summed E-state index contributed by atoms with van der Waals surface area (Å²) < 4.78 is 28.4. The normalized spacial score (nSPS) is 10.7. The van der Waals surface area contributed by atoms with Crippen LogP contribution in [0.4, 0.5) is 0 Å². The van der Waals surface area contributed by atoms with Crippen molar-refractivity contribution in [2.75, 3.05) is 34.0 Å². The van der Waals surface area contributed by atoms with E-state index in [1.807, 2.05) is 26.8 Å². The molecule has 0 aliphatic heterocycles. The predicted molar refractivity (Wildman–Crippen MR) is 121 cm³/mol. The van der Waals surface area contributed by atoms with Gasteiger partial charge in [0.2, 0.25) is 0 Å². The zero-order valence-electron chi connectivity index (χ0n) is 17.9. The number of ketones is 1. The third kappa shape index (κ3) is 5.69. The summed E-state index contributed by atoms with van der Waals surface area (Å²) in [5.41, 5.74) is 1.18.